The maximum absolute atomic E-state index is 12.8. The molecule has 1 saturated heterocycles. The first-order valence-corrected chi connectivity index (χ1v) is 14.0. The molecule has 0 bridgehead atoms. The monoisotopic (exact) mass is 633 g/mol. The van der Waals surface area contributed by atoms with Gasteiger partial charge in [0, 0.05) is 24.3 Å². The first kappa shape index (κ1) is 33.7. The second kappa shape index (κ2) is 16.7. The maximum Gasteiger partial charge on any atom is 0.416 e. The Labute approximate surface area is 240 Å². The van der Waals surface area contributed by atoms with Gasteiger partial charge in [-0.15, -0.1) is 0 Å². The van der Waals surface area contributed by atoms with E-state index in [2.05, 4.69) is 35.0 Å². The molecule has 2 aromatic rings. The summed E-state index contributed by atoms with van der Waals surface area (Å²) in [4.78, 5) is 21.4. The van der Waals surface area contributed by atoms with Gasteiger partial charge >= 0.3 is 12.1 Å². The first-order valence-electron chi connectivity index (χ1n) is 13.2. The van der Waals surface area contributed by atoms with Crippen LogP contribution < -0.4 is 5.32 Å². The largest absolute Gasteiger partial charge is 0.481 e. The van der Waals surface area contributed by atoms with Crippen molar-refractivity contribution in [2.75, 3.05) is 25.1 Å². The normalized spacial score (nSPS) is 21.5. The van der Waals surface area contributed by atoms with Gasteiger partial charge in [0.05, 0.1) is 17.2 Å². The average molecular weight is 635 g/mol. The molecule has 11 heteroatoms. The van der Waals surface area contributed by atoms with Crippen LogP contribution in [0.4, 0.5) is 23.2 Å². The minimum absolute atomic E-state index is 0.160. The summed E-state index contributed by atoms with van der Waals surface area (Å²) in [5, 5.41) is 20.0. The van der Waals surface area contributed by atoms with Crippen molar-refractivity contribution >= 4 is 34.0 Å². The standard InChI is InChI=1S/C15H19BrO2.C8H5F4NO.C6H12O2/c1-10-3-2-4-13(15(17)18)14(9-10)11-5-7-12(16)8-6-11;9-6-3-5(8(10,11)12)1-2-7(6)13-4-14;7-5-6-1-3-8-4-2-6/h5-8,10,13-14H,2-4,9H2,1H3,(H,17,18);1-4H,(H,13,14);6-7H,1-5H2/t10?,13?,14-;;/m0../s1. The Bertz CT molecular complexity index is 1060. The maximum atomic E-state index is 12.8. The predicted molar refractivity (Wildman–Crippen MR) is 147 cm³/mol. The smallest absolute Gasteiger partial charge is 0.416 e. The van der Waals surface area contributed by atoms with Crippen molar-refractivity contribution in [2.45, 2.75) is 57.5 Å². The molecule has 222 valence electrons. The van der Waals surface area contributed by atoms with Crippen LogP contribution in [-0.4, -0.2) is 42.4 Å². The molecule has 2 unspecified atom stereocenters. The van der Waals surface area contributed by atoms with Crippen LogP contribution in [0.25, 0.3) is 0 Å². The highest BCUT2D eigenvalue weighted by Crippen LogP contribution is 2.39. The molecule has 2 aliphatic rings. The van der Waals surface area contributed by atoms with Crippen molar-refractivity contribution in [1.29, 1.82) is 0 Å². The Kier molecular flexibility index (Phi) is 14.1. The molecule has 0 spiro atoms. The second-order valence-corrected chi connectivity index (χ2v) is 11.0. The van der Waals surface area contributed by atoms with E-state index in [4.69, 9.17) is 9.84 Å². The predicted octanol–water partition coefficient (Wildman–Crippen LogP) is 7.26. The fraction of sp³-hybridized carbons (Fsp3) is 0.517. The molecular formula is C29H36BrF4NO5. The van der Waals surface area contributed by atoms with Gasteiger partial charge in [0.15, 0.2) is 0 Å². The number of ether oxygens (including phenoxy) is 1. The minimum Gasteiger partial charge on any atom is -0.481 e. The second-order valence-electron chi connectivity index (χ2n) is 10.1. The molecule has 40 heavy (non-hydrogen) atoms. The van der Waals surface area contributed by atoms with Crippen LogP contribution in [0.5, 0.6) is 0 Å². The van der Waals surface area contributed by atoms with E-state index >= 15 is 0 Å². The molecule has 1 aliphatic carbocycles. The highest BCUT2D eigenvalue weighted by atomic mass is 79.9. The van der Waals surface area contributed by atoms with Crippen molar-refractivity contribution in [3.05, 3.63) is 63.9 Å². The van der Waals surface area contributed by atoms with Crippen LogP contribution in [0.15, 0.2) is 46.9 Å². The zero-order valence-corrected chi connectivity index (χ0v) is 23.9. The molecule has 0 radical (unpaired) electrons. The quantitative estimate of drug-likeness (QED) is 0.183. The van der Waals surface area contributed by atoms with E-state index < -0.39 is 23.5 Å². The number of aliphatic hydroxyl groups excluding tert-OH is 1. The zero-order valence-electron chi connectivity index (χ0n) is 22.3. The van der Waals surface area contributed by atoms with E-state index in [1.165, 1.54) is 5.56 Å². The summed E-state index contributed by atoms with van der Waals surface area (Å²) in [6.45, 7) is 4.25. The van der Waals surface area contributed by atoms with Crippen LogP contribution in [0.2, 0.25) is 0 Å². The lowest BCUT2D eigenvalue weighted by molar-refractivity contribution is -0.143. The summed E-state index contributed by atoms with van der Waals surface area (Å²) < 4.78 is 55.1. The first-order chi connectivity index (χ1) is 19.0. The third-order valence-corrected chi connectivity index (χ3v) is 7.61. The van der Waals surface area contributed by atoms with Gasteiger partial charge in [-0.05, 0) is 79.3 Å². The van der Waals surface area contributed by atoms with Crippen LogP contribution >= 0.6 is 15.9 Å². The summed E-state index contributed by atoms with van der Waals surface area (Å²) in [6.07, 6.45) is 1.65. The number of halogens is 5. The van der Waals surface area contributed by atoms with Gasteiger partial charge in [0.1, 0.15) is 5.82 Å². The van der Waals surface area contributed by atoms with Gasteiger partial charge < -0.3 is 20.3 Å². The average Bonchev–Trinajstić information content (AvgIpc) is 3.12. The van der Waals surface area contributed by atoms with E-state index in [0.717, 1.165) is 62.3 Å². The fourth-order valence-electron chi connectivity index (χ4n) is 4.78. The highest BCUT2D eigenvalue weighted by Gasteiger charge is 2.33. The van der Waals surface area contributed by atoms with Gasteiger partial charge in [0.25, 0.3) is 0 Å². The van der Waals surface area contributed by atoms with Crippen LogP contribution in [-0.2, 0) is 20.5 Å². The number of nitrogens with one attached hydrogen (secondary N) is 1. The number of carboxylic acids is 1. The molecule has 2 aromatic carbocycles. The molecule has 1 saturated carbocycles. The molecule has 4 rings (SSSR count). The fourth-order valence-corrected chi connectivity index (χ4v) is 5.04. The lowest BCUT2D eigenvalue weighted by Crippen LogP contribution is -2.21. The molecule has 0 aromatic heterocycles. The highest BCUT2D eigenvalue weighted by molar-refractivity contribution is 9.10. The summed E-state index contributed by atoms with van der Waals surface area (Å²) in [6, 6.07) is 9.99. The number of aliphatic carboxylic acids is 1. The van der Waals surface area contributed by atoms with Crippen molar-refractivity contribution in [3.63, 3.8) is 0 Å². The molecule has 2 fully saturated rings. The molecular weight excluding hydrogens is 598 g/mol. The SMILES string of the molecule is CC1CCCC(C(=O)O)[C@H](c2ccc(Br)cc2)C1.O=CNc1ccc(C(F)(F)F)cc1F.OCC1CCOCC1. The number of carboxylic acid groups (broad SMARTS) is 1. The Morgan fingerprint density at radius 3 is 2.25 bits per heavy atom. The topological polar surface area (TPSA) is 95.9 Å². The van der Waals surface area contributed by atoms with Crippen LogP contribution in [0, 0.1) is 23.6 Å². The van der Waals surface area contributed by atoms with Crippen molar-refractivity contribution in [2.24, 2.45) is 17.8 Å². The lowest BCUT2D eigenvalue weighted by Gasteiger charge is -2.23. The van der Waals surface area contributed by atoms with E-state index in [0.29, 0.717) is 30.6 Å². The van der Waals surface area contributed by atoms with Crippen molar-refractivity contribution in [1.82, 2.24) is 0 Å². The number of amides is 1. The Morgan fingerprint density at radius 1 is 1.10 bits per heavy atom. The van der Waals surface area contributed by atoms with E-state index in [-0.39, 0.29) is 23.9 Å². The van der Waals surface area contributed by atoms with Gasteiger partial charge in [-0.25, -0.2) is 4.39 Å². The number of alkyl halides is 3. The Hall–Kier alpha value is -2.50. The van der Waals surface area contributed by atoms with E-state index in [1.807, 2.05) is 17.4 Å². The Balaban J connectivity index is 0.000000226. The molecule has 1 aliphatic heterocycles. The van der Waals surface area contributed by atoms with Gasteiger partial charge in [-0.2, -0.15) is 13.2 Å². The van der Waals surface area contributed by atoms with Gasteiger partial charge in [-0.1, -0.05) is 47.8 Å². The minimum atomic E-state index is -4.58. The summed E-state index contributed by atoms with van der Waals surface area (Å²) in [7, 11) is 0. The van der Waals surface area contributed by atoms with Crippen molar-refractivity contribution < 1.29 is 42.1 Å². The molecule has 6 nitrogen and oxygen atoms in total. The van der Waals surface area contributed by atoms with E-state index in [9.17, 15) is 32.3 Å². The van der Waals surface area contributed by atoms with E-state index in [1.54, 1.807) is 0 Å². The van der Waals surface area contributed by atoms with Crippen molar-refractivity contribution in [3.8, 4) is 0 Å². The summed E-state index contributed by atoms with van der Waals surface area (Å²) in [5.41, 5.74) is -0.209. The number of carbonyl (C=O) groups is 2. The zero-order chi connectivity index (χ0) is 29.7. The summed E-state index contributed by atoms with van der Waals surface area (Å²) in [5.74, 6) is -0.695. The van der Waals surface area contributed by atoms with Crippen LogP contribution in [0.3, 0.4) is 0 Å². The van der Waals surface area contributed by atoms with Gasteiger partial charge in [0.2, 0.25) is 6.41 Å². The number of carbonyl (C=O) groups excluding carboxylic acids is 1. The number of aliphatic hydroxyl groups is 1. The molecule has 3 atom stereocenters. The number of hydrogen-bond donors (Lipinski definition) is 3. The number of benzene rings is 2. The summed E-state index contributed by atoms with van der Waals surface area (Å²) >= 11 is 3.42. The molecule has 1 heterocycles. The third-order valence-electron chi connectivity index (χ3n) is 7.08. The van der Waals surface area contributed by atoms with Gasteiger partial charge in [-0.3, -0.25) is 9.59 Å². The molecule has 1 amide bonds. The number of rotatable bonds is 5. The number of hydrogen-bond acceptors (Lipinski definition) is 4. The van der Waals surface area contributed by atoms with Crippen LogP contribution in [0.1, 0.15) is 62.5 Å². The molecule has 3 N–H and O–H groups in total. The lowest BCUT2D eigenvalue weighted by atomic mass is 9.81. The number of anilines is 1. The Morgan fingerprint density at radius 2 is 1.75 bits per heavy atom. The third kappa shape index (κ3) is 11.2.